The summed E-state index contributed by atoms with van der Waals surface area (Å²) in [5.41, 5.74) is 0. The SMILES string of the molecule is CC/C=C/C/C=C/C/C=C/CCCCCCCCC(=O)OC(CCCCC/C=C/C=C/CCCCCCCCC)CC(=O)NC(CO)C(O)CCCCCCCCCCCCCCCCCCC. The molecule has 6 heteroatoms. The molecule has 0 spiro atoms. The summed E-state index contributed by atoms with van der Waals surface area (Å²) in [4.78, 5) is 26.3. The molecule has 0 rings (SSSR count). The third-order valence-electron chi connectivity index (χ3n) is 13.4. The molecule has 0 aliphatic carbocycles. The minimum atomic E-state index is -0.800. The van der Waals surface area contributed by atoms with Crippen LogP contribution in [0.2, 0.25) is 0 Å². The minimum absolute atomic E-state index is 0.0541. The summed E-state index contributed by atoms with van der Waals surface area (Å²) in [6, 6.07) is -0.715. The van der Waals surface area contributed by atoms with E-state index in [1.165, 1.54) is 154 Å². The van der Waals surface area contributed by atoms with E-state index in [9.17, 15) is 19.8 Å². The van der Waals surface area contributed by atoms with Crippen LogP contribution in [-0.4, -0.2) is 46.9 Å². The quantitative estimate of drug-likeness (QED) is 0.0244. The number of aliphatic hydroxyl groups is 2. The molecule has 0 heterocycles. The van der Waals surface area contributed by atoms with Crippen LogP contribution in [0.3, 0.4) is 0 Å². The lowest BCUT2D eigenvalue weighted by Gasteiger charge is -2.24. The molecule has 6 nitrogen and oxygen atoms in total. The molecule has 0 aromatic heterocycles. The number of esters is 1. The number of hydrogen-bond donors (Lipinski definition) is 3. The van der Waals surface area contributed by atoms with Crippen LogP contribution < -0.4 is 5.32 Å². The van der Waals surface area contributed by atoms with Crippen molar-refractivity contribution in [2.75, 3.05) is 6.61 Å². The number of carbonyl (C=O) groups excluding carboxylic acids is 2. The van der Waals surface area contributed by atoms with Gasteiger partial charge in [0.1, 0.15) is 6.10 Å². The maximum Gasteiger partial charge on any atom is 0.306 e. The summed E-state index contributed by atoms with van der Waals surface area (Å²) in [7, 11) is 0. The summed E-state index contributed by atoms with van der Waals surface area (Å²) in [5.74, 6) is -0.507. The van der Waals surface area contributed by atoms with Crippen LogP contribution in [0, 0.1) is 0 Å². The number of unbranched alkanes of at least 4 members (excludes halogenated alkanes) is 32. The van der Waals surface area contributed by atoms with Gasteiger partial charge in [0.2, 0.25) is 5.91 Å². The first-order chi connectivity index (χ1) is 33.5. The Morgan fingerprint density at radius 1 is 0.456 bits per heavy atom. The molecule has 3 N–H and O–H groups in total. The Morgan fingerprint density at radius 3 is 1.31 bits per heavy atom. The van der Waals surface area contributed by atoms with Gasteiger partial charge < -0.3 is 20.3 Å². The van der Waals surface area contributed by atoms with E-state index in [1.54, 1.807) is 0 Å². The molecule has 1 amide bonds. The molecule has 0 aliphatic rings. The minimum Gasteiger partial charge on any atom is -0.462 e. The van der Waals surface area contributed by atoms with Crippen molar-refractivity contribution in [2.45, 2.75) is 315 Å². The van der Waals surface area contributed by atoms with Gasteiger partial charge in [-0.3, -0.25) is 9.59 Å². The van der Waals surface area contributed by atoms with Gasteiger partial charge in [-0.2, -0.15) is 0 Å². The summed E-state index contributed by atoms with van der Waals surface area (Å²) in [6.07, 6.45) is 70.0. The Kier molecular flexibility index (Phi) is 53.5. The number of nitrogens with one attached hydrogen (secondary N) is 1. The Morgan fingerprint density at radius 2 is 0.838 bits per heavy atom. The molecular weight excluding hydrogens is 839 g/mol. The predicted octanol–water partition coefficient (Wildman–Crippen LogP) is 18.4. The number of rotatable bonds is 53. The summed E-state index contributed by atoms with van der Waals surface area (Å²) in [6.45, 7) is 6.39. The maximum absolute atomic E-state index is 13.3. The Bertz CT molecular complexity index is 1210. The van der Waals surface area contributed by atoms with Gasteiger partial charge >= 0.3 is 5.97 Å². The number of carbonyl (C=O) groups is 2. The molecule has 3 atom stereocenters. The van der Waals surface area contributed by atoms with Crippen LogP contribution in [-0.2, 0) is 14.3 Å². The average Bonchev–Trinajstić information content (AvgIpc) is 3.33. The number of aliphatic hydroxyl groups excluding tert-OH is 2. The molecule has 0 radical (unpaired) electrons. The number of allylic oxidation sites excluding steroid dienone is 10. The fourth-order valence-corrected chi connectivity index (χ4v) is 8.91. The van der Waals surface area contributed by atoms with Crippen molar-refractivity contribution in [3.8, 4) is 0 Å². The highest BCUT2D eigenvalue weighted by Crippen LogP contribution is 2.18. The van der Waals surface area contributed by atoms with E-state index < -0.39 is 18.2 Å². The lowest BCUT2D eigenvalue weighted by Crippen LogP contribution is -2.46. The van der Waals surface area contributed by atoms with Crippen LogP contribution >= 0.6 is 0 Å². The lowest BCUT2D eigenvalue weighted by molar-refractivity contribution is -0.151. The highest BCUT2D eigenvalue weighted by atomic mass is 16.5. The standard InChI is InChI=1S/C62H113NO5/c1-4-7-10-13-16-19-22-25-28-31-33-36-39-42-45-48-51-54-60(65)59(57-64)63-61(66)56-58(53-50-47-44-41-38-35-32-29-26-23-20-17-14-11-8-5-2)68-62(67)55-52-49-46-43-40-37-34-30-27-24-21-18-15-12-9-6-3/h9,12,18,21,27,29-30,32,35,38,58-60,64-65H,4-8,10-11,13-17,19-20,22-26,28,31,33-34,36-37,39-57H2,1-3H3,(H,63,66)/b12-9+,21-18+,30-27+,32-29+,38-35+. The second kappa shape index (κ2) is 55.5. The van der Waals surface area contributed by atoms with Gasteiger partial charge in [-0.1, -0.05) is 261 Å². The zero-order valence-corrected chi connectivity index (χ0v) is 45.2. The normalized spacial score (nSPS) is 13.5. The fourth-order valence-electron chi connectivity index (χ4n) is 8.91. The van der Waals surface area contributed by atoms with Gasteiger partial charge in [-0.15, -0.1) is 0 Å². The molecular formula is C62H113NO5. The van der Waals surface area contributed by atoms with E-state index in [-0.39, 0.29) is 24.9 Å². The van der Waals surface area contributed by atoms with Crippen LogP contribution in [0.4, 0.5) is 0 Å². The summed E-state index contributed by atoms with van der Waals surface area (Å²) < 4.78 is 5.95. The summed E-state index contributed by atoms with van der Waals surface area (Å²) >= 11 is 0. The molecule has 0 aromatic rings. The molecule has 0 aliphatic heterocycles. The van der Waals surface area contributed by atoms with E-state index in [0.29, 0.717) is 19.3 Å². The van der Waals surface area contributed by atoms with Crippen LogP contribution in [0.5, 0.6) is 0 Å². The van der Waals surface area contributed by atoms with E-state index >= 15 is 0 Å². The van der Waals surface area contributed by atoms with E-state index in [2.05, 4.69) is 86.8 Å². The second-order valence-corrected chi connectivity index (χ2v) is 20.0. The number of hydrogen-bond acceptors (Lipinski definition) is 5. The van der Waals surface area contributed by atoms with Gasteiger partial charge in [0.05, 0.1) is 25.2 Å². The van der Waals surface area contributed by atoms with Crippen molar-refractivity contribution in [2.24, 2.45) is 0 Å². The highest BCUT2D eigenvalue weighted by molar-refractivity contribution is 5.77. The first-order valence-electron chi connectivity index (χ1n) is 29.5. The van der Waals surface area contributed by atoms with Crippen molar-refractivity contribution < 1.29 is 24.5 Å². The van der Waals surface area contributed by atoms with E-state index in [0.717, 1.165) is 96.3 Å². The topological polar surface area (TPSA) is 95.9 Å². The van der Waals surface area contributed by atoms with Crippen molar-refractivity contribution in [1.82, 2.24) is 5.32 Å². The first kappa shape index (κ1) is 65.6. The van der Waals surface area contributed by atoms with Crippen molar-refractivity contribution in [3.63, 3.8) is 0 Å². The van der Waals surface area contributed by atoms with Crippen molar-refractivity contribution in [3.05, 3.63) is 60.8 Å². The largest absolute Gasteiger partial charge is 0.462 e. The van der Waals surface area contributed by atoms with E-state index in [4.69, 9.17) is 4.74 Å². The van der Waals surface area contributed by atoms with Crippen LogP contribution in [0.15, 0.2) is 60.8 Å². The Hall–Kier alpha value is -2.44. The molecule has 0 saturated heterocycles. The van der Waals surface area contributed by atoms with Gasteiger partial charge in [-0.25, -0.2) is 0 Å². The third-order valence-corrected chi connectivity index (χ3v) is 13.4. The average molecular weight is 953 g/mol. The Balaban J connectivity index is 4.59. The molecule has 3 unspecified atom stereocenters. The molecule has 0 bridgehead atoms. The van der Waals surface area contributed by atoms with Crippen molar-refractivity contribution >= 4 is 11.9 Å². The fraction of sp³-hybridized carbons (Fsp3) is 0.806. The van der Waals surface area contributed by atoms with Gasteiger partial charge in [0.15, 0.2) is 0 Å². The van der Waals surface area contributed by atoms with Crippen LogP contribution in [0.1, 0.15) is 297 Å². The van der Waals surface area contributed by atoms with Gasteiger partial charge in [0, 0.05) is 6.42 Å². The lowest BCUT2D eigenvalue weighted by atomic mass is 10.0. The number of amides is 1. The predicted molar refractivity (Wildman–Crippen MR) is 296 cm³/mol. The molecule has 68 heavy (non-hydrogen) atoms. The van der Waals surface area contributed by atoms with Crippen molar-refractivity contribution in [1.29, 1.82) is 0 Å². The third kappa shape index (κ3) is 50.0. The molecule has 396 valence electrons. The second-order valence-electron chi connectivity index (χ2n) is 20.0. The van der Waals surface area contributed by atoms with Gasteiger partial charge in [0.25, 0.3) is 0 Å². The van der Waals surface area contributed by atoms with Gasteiger partial charge in [-0.05, 0) is 83.5 Å². The highest BCUT2D eigenvalue weighted by Gasteiger charge is 2.24. The number of ether oxygens (including phenoxy) is 1. The first-order valence-corrected chi connectivity index (χ1v) is 29.5. The monoisotopic (exact) mass is 952 g/mol. The van der Waals surface area contributed by atoms with E-state index in [1.807, 2.05) is 0 Å². The smallest absolute Gasteiger partial charge is 0.306 e. The molecule has 0 saturated carbocycles. The zero-order chi connectivity index (χ0) is 49.5. The maximum atomic E-state index is 13.3. The molecule has 0 fully saturated rings. The van der Waals surface area contributed by atoms with Crippen LogP contribution in [0.25, 0.3) is 0 Å². The summed E-state index contributed by atoms with van der Waals surface area (Å²) in [5, 5.41) is 23.9. The molecule has 0 aromatic carbocycles. The Labute approximate surface area is 422 Å². The zero-order valence-electron chi connectivity index (χ0n) is 45.2.